The van der Waals surface area contributed by atoms with E-state index in [1.807, 2.05) is 12.4 Å². The van der Waals surface area contributed by atoms with Crippen LogP contribution in [0.25, 0.3) is 0 Å². The van der Waals surface area contributed by atoms with Gasteiger partial charge in [-0.3, -0.25) is 19.4 Å². The van der Waals surface area contributed by atoms with Crippen LogP contribution in [0, 0.1) is 56.2 Å². The summed E-state index contributed by atoms with van der Waals surface area (Å²) in [6.07, 6.45) is 13.7. The molecule has 0 radical (unpaired) electrons. The lowest BCUT2D eigenvalue weighted by Crippen LogP contribution is -2.65. The molecule has 0 spiro atoms. The first-order chi connectivity index (χ1) is 23.7. The number of carboxylic acid groups (broad SMARTS) is 1. The number of rotatable bonds is 10. The molecule has 7 heteroatoms. The number of allylic oxidation sites excluding steroid dienone is 2. The number of fused-ring (bicyclic) bond motifs is 7. The summed E-state index contributed by atoms with van der Waals surface area (Å²) in [5.41, 5.74) is 2.92. The highest BCUT2D eigenvalue weighted by Crippen LogP contribution is 2.77. The molecule has 0 saturated heterocycles. The van der Waals surface area contributed by atoms with Gasteiger partial charge in [0.25, 0.3) is 0 Å². The molecule has 0 aromatic carbocycles. The normalized spacial score (nSPS) is 38.0. The van der Waals surface area contributed by atoms with Gasteiger partial charge in [0.2, 0.25) is 0 Å². The third-order valence-electron chi connectivity index (χ3n) is 16.2. The Kier molecular flexibility index (Phi) is 9.80. The fourth-order valence-electron chi connectivity index (χ4n) is 13.2. The van der Waals surface area contributed by atoms with E-state index in [-0.39, 0.29) is 51.6 Å². The third-order valence-corrected chi connectivity index (χ3v) is 16.2. The van der Waals surface area contributed by atoms with E-state index < -0.39 is 17.4 Å². The van der Waals surface area contributed by atoms with Gasteiger partial charge in [0.15, 0.2) is 5.78 Å². The highest BCUT2D eigenvalue weighted by atomic mass is 16.5. The predicted octanol–water partition coefficient (Wildman–Crippen LogP) is 9.52. The Labute approximate surface area is 307 Å². The Morgan fingerprint density at radius 1 is 0.941 bits per heavy atom. The van der Waals surface area contributed by atoms with Crippen molar-refractivity contribution in [1.29, 1.82) is 0 Å². The van der Waals surface area contributed by atoms with Crippen LogP contribution in [0.15, 0.2) is 35.7 Å². The molecular weight excluding hydrogens is 636 g/mol. The molecule has 1 aromatic rings. The van der Waals surface area contributed by atoms with Gasteiger partial charge in [-0.15, -0.1) is 0 Å². The number of carboxylic acids is 1. The van der Waals surface area contributed by atoms with E-state index in [0.29, 0.717) is 30.0 Å². The molecule has 282 valence electrons. The van der Waals surface area contributed by atoms with Crippen molar-refractivity contribution in [2.75, 3.05) is 6.54 Å². The maximum absolute atomic E-state index is 14.0. The average molecular weight is 703 g/mol. The van der Waals surface area contributed by atoms with Gasteiger partial charge in [0, 0.05) is 35.7 Å². The lowest BCUT2D eigenvalue weighted by molar-refractivity contribution is -0.233. The van der Waals surface area contributed by atoms with Crippen LogP contribution in [0.1, 0.15) is 151 Å². The number of esters is 1. The predicted molar refractivity (Wildman–Crippen MR) is 201 cm³/mol. The molecule has 5 aliphatic carbocycles. The number of Topliss-reactive ketones (excluding diaryl/α,β-unsaturated/α-hetero) is 1. The van der Waals surface area contributed by atoms with Crippen molar-refractivity contribution in [3.8, 4) is 0 Å². The van der Waals surface area contributed by atoms with Crippen molar-refractivity contribution in [3.63, 3.8) is 0 Å². The molecule has 4 saturated carbocycles. The Morgan fingerprint density at radius 2 is 1.63 bits per heavy atom. The number of nitrogens with one attached hydrogen (secondary N) is 1. The number of pyridine rings is 1. The van der Waals surface area contributed by atoms with Crippen LogP contribution in [0.3, 0.4) is 0 Å². The number of ketones is 1. The van der Waals surface area contributed by atoms with Gasteiger partial charge in [0.1, 0.15) is 6.10 Å². The second-order valence-electron chi connectivity index (χ2n) is 19.9. The van der Waals surface area contributed by atoms with Crippen LogP contribution in [-0.2, 0) is 19.1 Å². The molecule has 9 atom stereocenters. The van der Waals surface area contributed by atoms with Crippen LogP contribution in [0.2, 0.25) is 0 Å². The number of aromatic nitrogens is 1. The topological polar surface area (TPSA) is 106 Å². The quantitative estimate of drug-likeness (QED) is 0.234. The standard InChI is InChI=1S/C44H66N2O5/c1-27(2)36-31(47)25-44(21-24-46-28(3)29-15-22-45-23-16-29)20-19-42(9)30(37(36)44)11-12-33-41(8)17-14-34(51-35(48)26-39(4,5)38(49)50)40(6,7)32(41)13-18-43(33,42)10/h15-16,22-23,27-28,30,32-34,46H,11-14,17-21,24-26H2,1-10H3,(H,49,50)/t28-,30+,32-,33+,34-,41-,42+,43?,44?/m0/s1. The van der Waals surface area contributed by atoms with Crippen LogP contribution in [-0.4, -0.2) is 40.5 Å². The number of hydrogen-bond acceptors (Lipinski definition) is 6. The highest BCUT2D eigenvalue weighted by Gasteiger charge is 2.70. The molecular formula is C44H66N2O5. The largest absolute Gasteiger partial charge is 0.481 e. The zero-order chi connectivity index (χ0) is 37.4. The van der Waals surface area contributed by atoms with Crippen molar-refractivity contribution >= 4 is 17.7 Å². The van der Waals surface area contributed by atoms with Crippen LogP contribution in [0.5, 0.6) is 0 Å². The van der Waals surface area contributed by atoms with E-state index in [1.165, 1.54) is 12.0 Å². The molecule has 1 heterocycles. The summed E-state index contributed by atoms with van der Waals surface area (Å²) in [4.78, 5) is 43.0. The van der Waals surface area contributed by atoms with Crippen LogP contribution >= 0.6 is 0 Å². The Hall–Kier alpha value is -2.54. The maximum atomic E-state index is 14.0. The van der Waals surface area contributed by atoms with Gasteiger partial charge >= 0.3 is 11.9 Å². The van der Waals surface area contributed by atoms with Crippen molar-refractivity contribution in [3.05, 3.63) is 41.2 Å². The van der Waals surface area contributed by atoms with Gasteiger partial charge in [-0.25, -0.2) is 0 Å². The first-order valence-corrected chi connectivity index (χ1v) is 20.1. The van der Waals surface area contributed by atoms with Crippen molar-refractivity contribution in [2.45, 2.75) is 152 Å². The van der Waals surface area contributed by atoms with E-state index in [0.717, 1.165) is 63.5 Å². The smallest absolute Gasteiger partial charge is 0.309 e. The number of aliphatic carboxylic acids is 1. The number of hydrogen-bond donors (Lipinski definition) is 2. The van der Waals surface area contributed by atoms with Crippen molar-refractivity contribution in [2.24, 2.45) is 56.2 Å². The van der Waals surface area contributed by atoms with Crippen LogP contribution < -0.4 is 5.32 Å². The summed E-state index contributed by atoms with van der Waals surface area (Å²) in [6.45, 7) is 23.2. The van der Waals surface area contributed by atoms with E-state index in [2.05, 4.69) is 77.8 Å². The summed E-state index contributed by atoms with van der Waals surface area (Å²) in [7, 11) is 0. The number of carbonyl (C=O) groups is 3. The zero-order valence-electron chi connectivity index (χ0n) is 33.3. The molecule has 0 aliphatic heterocycles. The molecule has 51 heavy (non-hydrogen) atoms. The highest BCUT2D eigenvalue weighted by molar-refractivity contribution is 6.00. The Bertz CT molecular complexity index is 1560. The Morgan fingerprint density at radius 3 is 2.27 bits per heavy atom. The number of ether oxygens (including phenoxy) is 1. The molecule has 2 unspecified atom stereocenters. The fourth-order valence-corrected chi connectivity index (χ4v) is 13.2. The lowest BCUT2D eigenvalue weighted by Gasteiger charge is -2.72. The first kappa shape index (κ1) is 38.2. The minimum Gasteiger partial charge on any atom is -0.481 e. The van der Waals surface area contributed by atoms with Gasteiger partial charge < -0.3 is 15.2 Å². The fraction of sp³-hybridized carbons (Fsp3) is 0.773. The maximum Gasteiger partial charge on any atom is 0.309 e. The first-order valence-electron chi connectivity index (χ1n) is 20.1. The lowest BCUT2D eigenvalue weighted by atomic mass is 9.33. The number of nitrogens with zero attached hydrogens (tertiary/aromatic N) is 1. The second kappa shape index (κ2) is 13.1. The molecule has 6 rings (SSSR count). The van der Waals surface area contributed by atoms with Crippen LogP contribution in [0.4, 0.5) is 0 Å². The molecule has 0 bridgehead atoms. The van der Waals surface area contributed by atoms with Crippen molar-refractivity contribution < 1.29 is 24.2 Å². The zero-order valence-corrected chi connectivity index (χ0v) is 33.3. The average Bonchev–Trinajstić information content (AvgIpc) is 3.35. The monoisotopic (exact) mass is 702 g/mol. The Balaban J connectivity index is 1.25. The molecule has 0 amide bonds. The van der Waals surface area contributed by atoms with E-state index in [4.69, 9.17) is 4.74 Å². The third kappa shape index (κ3) is 6.04. The number of carbonyl (C=O) groups excluding carboxylic acids is 2. The minimum atomic E-state index is -1.15. The van der Waals surface area contributed by atoms with E-state index >= 15 is 0 Å². The summed E-state index contributed by atoms with van der Waals surface area (Å²) < 4.78 is 6.18. The molecule has 5 aliphatic rings. The molecule has 7 nitrogen and oxygen atoms in total. The summed E-state index contributed by atoms with van der Waals surface area (Å²) in [6, 6.07) is 4.40. The second-order valence-corrected chi connectivity index (χ2v) is 19.9. The van der Waals surface area contributed by atoms with Gasteiger partial charge in [-0.05, 0) is 148 Å². The summed E-state index contributed by atoms with van der Waals surface area (Å²) >= 11 is 0. The molecule has 4 fully saturated rings. The van der Waals surface area contributed by atoms with E-state index in [1.54, 1.807) is 19.4 Å². The minimum absolute atomic E-state index is 0.0464. The summed E-state index contributed by atoms with van der Waals surface area (Å²) in [5, 5.41) is 13.4. The molecule has 2 N–H and O–H groups in total. The van der Waals surface area contributed by atoms with Gasteiger partial charge in [-0.2, -0.15) is 0 Å². The molecule has 1 aromatic heterocycles. The van der Waals surface area contributed by atoms with Gasteiger partial charge in [-0.1, -0.05) is 54.0 Å². The SMILES string of the molecule is CC(C)C1=C2[C@H]3CC[C@H]4C(C)(CC[C@H]5C(C)(C)[C@@H](OC(=O)CC(C)(C)C(=O)O)CC[C@@]54C)[C@]3(C)CCC2(CCN[C@@H](C)c2ccncc2)CC1=O. The van der Waals surface area contributed by atoms with Gasteiger partial charge in [0.05, 0.1) is 11.8 Å². The van der Waals surface area contributed by atoms with Crippen molar-refractivity contribution in [1.82, 2.24) is 10.3 Å². The summed E-state index contributed by atoms with van der Waals surface area (Å²) in [5.74, 6) is 0.660. The van der Waals surface area contributed by atoms with E-state index in [9.17, 15) is 19.5 Å².